The van der Waals surface area contributed by atoms with E-state index in [2.05, 4.69) is 15.8 Å². The summed E-state index contributed by atoms with van der Waals surface area (Å²) in [5.74, 6) is 0. The van der Waals surface area contributed by atoms with Crippen molar-refractivity contribution in [2.75, 3.05) is 24.5 Å². The monoisotopic (exact) mass is 500 g/mol. The van der Waals surface area contributed by atoms with E-state index in [1.165, 1.54) is 24.4 Å². The summed E-state index contributed by atoms with van der Waals surface area (Å²) in [6, 6.07) is 9.05. The second-order valence-corrected chi connectivity index (χ2v) is 8.95. The zero-order valence-corrected chi connectivity index (χ0v) is 19.8. The number of hydrogen-bond acceptors (Lipinski definition) is 3. The molecule has 2 aromatic carbocycles. The number of aryl methyl sites for hydroxylation is 1. The van der Waals surface area contributed by atoms with Crippen LogP contribution < -0.4 is 15.6 Å². The van der Waals surface area contributed by atoms with Crippen LogP contribution in [0.25, 0.3) is 0 Å². The average Bonchev–Trinajstić information content (AvgIpc) is 3.20. The van der Waals surface area contributed by atoms with Gasteiger partial charge in [-0.05, 0) is 66.8 Å². The molecule has 3 rings (SSSR count). The molecule has 33 heavy (non-hydrogen) atoms. The number of carbonyl (C=O) groups excluding carboxylic acids is 1. The Morgan fingerprint density at radius 1 is 1.21 bits per heavy atom. The molecule has 0 radical (unpaired) electrons. The highest BCUT2D eigenvalue weighted by Gasteiger charge is 2.59. The van der Waals surface area contributed by atoms with Crippen molar-refractivity contribution in [2.45, 2.75) is 38.3 Å². The molecule has 1 aliphatic rings. The van der Waals surface area contributed by atoms with Crippen LogP contribution in [-0.4, -0.2) is 38.1 Å². The number of anilines is 1. The maximum Gasteiger partial charge on any atom is 0.400 e. The minimum absolute atomic E-state index is 0.0721. The van der Waals surface area contributed by atoms with Gasteiger partial charge in [-0.25, -0.2) is 10.2 Å². The highest BCUT2D eigenvalue weighted by molar-refractivity contribution is 6.34. The summed E-state index contributed by atoms with van der Waals surface area (Å²) in [5.41, 5.74) is 2.64. The third kappa shape index (κ3) is 5.73. The second kappa shape index (κ2) is 10.2. The molecule has 1 atom stereocenters. The molecule has 0 aliphatic carbocycles. The first-order valence-electron chi connectivity index (χ1n) is 10.5. The Morgan fingerprint density at radius 2 is 1.91 bits per heavy atom. The maximum atomic E-state index is 14.3. The van der Waals surface area contributed by atoms with Gasteiger partial charge in [0.05, 0.1) is 6.21 Å². The molecule has 0 aromatic heterocycles. The topological polar surface area (TPSA) is 56.7 Å². The van der Waals surface area contributed by atoms with Crippen LogP contribution in [0.15, 0.2) is 41.5 Å². The normalized spacial score (nSPS) is 18.7. The molecule has 1 aliphatic heterocycles. The van der Waals surface area contributed by atoms with Gasteiger partial charge in [0.25, 0.3) is 0 Å². The molecule has 0 saturated carbocycles. The number of hydrogen-bond donors (Lipinski definition) is 2. The largest absolute Gasteiger partial charge is 0.400 e. The Balaban J connectivity index is 1.79. The lowest BCUT2D eigenvalue weighted by Gasteiger charge is -2.33. The smallest absolute Gasteiger partial charge is 0.370 e. The highest BCUT2D eigenvalue weighted by atomic mass is 35.5. The van der Waals surface area contributed by atoms with Crippen LogP contribution in [0.5, 0.6) is 0 Å². The van der Waals surface area contributed by atoms with Gasteiger partial charge in [0, 0.05) is 35.4 Å². The first-order valence-corrected chi connectivity index (χ1v) is 11.3. The third-order valence-corrected chi connectivity index (χ3v) is 6.19. The van der Waals surface area contributed by atoms with Crippen molar-refractivity contribution in [3.05, 3.63) is 63.1 Å². The summed E-state index contributed by atoms with van der Waals surface area (Å²) in [6.45, 7) is 4.32. The van der Waals surface area contributed by atoms with E-state index in [4.69, 9.17) is 23.2 Å². The lowest BCUT2D eigenvalue weighted by atomic mass is 9.79. The van der Waals surface area contributed by atoms with Gasteiger partial charge in [-0.15, -0.1) is 0 Å². The van der Waals surface area contributed by atoms with Gasteiger partial charge < -0.3 is 10.2 Å². The zero-order valence-electron chi connectivity index (χ0n) is 18.3. The summed E-state index contributed by atoms with van der Waals surface area (Å²) in [4.78, 5) is 13.3. The molecule has 178 valence electrons. The van der Waals surface area contributed by atoms with Crippen molar-refractivity contribution < 1.29 is 18.0 Å². The minimum Gasteiger partial charge on any atom is -0.370 e. The highest BCUT2D eigenvalue weighted by Crippen LogP contribution is 2.49. The number of halogens is 5. The van der Waals surface area contributed by atoms with E-state index in [0.717, 1.165) is 17.5 Å². The van der Waals surface area contributed by atoms with Crippen molar-refractivity contribution in [3.8, 4) is 0 Å². The van der Waals surface area contributed by atoms with Crippen molar-refractivity contribution in [1.29, 1.82) is 0 Å². The Morgan fingerprint density at radius 3 is 2.52 bits per heavy atom. The van der Waals surface area contributed by atoms with Gasteiger partial charge in [0.1, 0.15) is 5.41 Å². The standard InChI is InChI=1S/C23H25Cl2F3N4O/c1-3-7-29-21(33)31-30-13-16-4-5-20(9-15(16)2)32-8-6-22(14-32,23(26,27)28)17-10-18(24)12-19(25)11-17/h4-5,9-13H,3,6-8,14H2,1-2H3,(H2,29,31,33)/b30-13+. The van der Waals surface area contributed by atoms with Crippen LogP contribution in [0.4, 0.5) is 23.7 Å². The number of benzene rings is 2. The maximum absolute atomic E-state index is 14.3. The van der Waals surface area contributed by atoms with Crippen LogP contribution in [0, 0.1) is 6.92 Å². The number of urea groups is 1. The first-order chi connectivity index (χ1) is 15.6. The number of nitrogens with zero attached hydrogens (tertiary/aromatic N) is 2. The molecule has 1 saturated heterocycles. The lowest BCUT2D eigenvalue weighted by Crippen LogP contribution is -2.44. The molecule has 1 fully saturated rings. The summed E-state index contributed by atoms with van der Waals surface area (Å²) >= 11 is 12.0. The number of alkyl halides is 3. The van der Waals surface area contributed by atoms with Crippen LogP contribution in [0.2, 0.25) is 10.0 Å². The average molecular weight is 501 g/mol. The van der Waals surface area contributed by atoms with Gasteiger partial charge in [0.15, 0.2) is 0 Å². The molecule has 0 bridgehead atoms. The Bertz CT molecular complexity index is 1020. The Labute approximate surface area is 200 Å². The fraction of sp³-hybridized carbons (Fsp3) is 0.391. The second-order valence-electron chi connectivity index (χ2n) is 8.08. The predicted molar refractivity (Wildman–Crippen MR) is 127 cm³/mol. The summed E-state index contributed by atoms with van der Waals surface area (Å²) < 4.78 is 42.9. The molecule has 10 heteroatoms. The molecule has 1 unspecified atom stereocenters. The molecular weight excluding hydrogens is 476 g/mol. The molecule has 2 amide bonds. The zero-order chi connectivity index (χ0) is 24.2. The lowest BCUT2D eigenvalue weighted by molar-refractivity contribution is -0.184. The fourth-order valence-electron chi connectivity index (χ4n) is 3.93. The third-order valence-electron chi connectivity index (χ3n) is 5.75. The molecule has 0 spiro atoms. The first kappa shape index (κ1) is 25.2. The van der Waals surface area contributed by atoms with Crippen LogP contribution in [0.3, 0.4) is 0 Å². The molecular formula is C23H25Cl2F3N4O. The van der Waals surface area contributed by atoms with Crippen LogP contribution in [0.1, 0.15) is 36.5 Å². The number of hydrazone groups is 1. The van der Waals surface area contributed by atoms with E-state index in [1.54, 1.807) is 17.0 Å². The predicted octanol–water partition coefficient (Wildman–Crippen LogP) is 6.06. The van der Waals surface area contributed by atoms with Gasteiger partial charge in [-0.1, -0.05) is 36.2 Å². The van der Waals surface area contributed by atoms with Crippen molar-refractivity contribution in [2.24, 2.45) is 5.10 Å². The van der Waals surface area contributed by atoms with Crippen molar-refractivity contribution in [1.82, 2.24) is 10.7 Å². The quantitative estimate of drug-likeness (QED) is 0.374. The molecule has 1 heterocycles. The summed E-state index contributed by atoms with van der Waals surface area (Å²) in [6.07, 6.45) is -2.26. The van der Waals surface area contributed by atoms with Gasteiger partial charge in [-0.3, -0.25) is 0 Å². The summed E-state index contributed by atoms with van der Waals surface area (Å²) in [5, 5.41) is 6.91. The number of amides is 2. The van der Waals surface area contributed by atoms with E-state index >= 15 is 0 Å². The number of rotatable bonds is 6. The van der Waals surface area contributed by atoms with Gasteiger partial charge in [-0.2, -0.15) is 18.3 Å². The molecule has 2 aromatic rings. The molecule has 2 N–H and O–H groups in total. The van der Waals surface area contributed by atoms with E-state index in [1.807, 2.05) is 19.9 Å². The number of carbonyl (C=O) groups is 1. The number of nitrogens with one attached hydrogen (secondary N) is 2. The van der Waals surface area contributed by atoms with Crippen LogP contribution in [-0.2, 0) is 5.41 Å². The van der Waals surface area contributed by atoms with E-state index in [-0.39, 0.29) is 35.1 Å². The van der Waals surface area contributed by atoms with Crippen LogP contribution >= 0.6 is 23.2 Å². The minimum atomic E-state index is -4.47. The molecule has 5 nitrogen and oxygen atoms in total. The Hall–Kier alpha value is -2.45. The van der Waals surface area contributed by atoms with E-state index < -0.39 is 17.6 Å². The van der Waals surface area contributed by atoms with E-state index in [0.29, 0.717) is 12.2 Å². The van der Waals surface area contributed by atoms with Crippen molar-refractivity contribution in [3.63, 3.8) is 0 Å². The van der Waals surface area contributed by atoms with Crippen molar-refractivity contribution >= 4 is 41.1 Å². The fourth-order valence-corrected chi connectivity index (χ4v) is 4.46. The van der Waals surface area contributed by atoms with Gasteiger partial charge in [0.2, 0.25) is 0 Å². The SMILES string of the molecule is CCCNC(=O)N/N=C/c1ccc(N2CCC(c3cc(Cl)cc(Cl)c3)(C(F)(F)F)C2)cc1C. The van der Waals surface area contributed by atoms with E-state index in [9.17, 15) is 18.0 Å². The van der Waals surface area contributed by atoms with Gasteiger partial charge >= 0.3 is 12.2 Å². The Kier molecular flexibility index (Phi) is 7.80. The summed E-state index contributed by atoms with van der Waals surface area (Å²) in [7, 11) is 0.